The number of aromatic amines is 1. The van der Waals surface area contributed by atoms with Crippen molar-refractivity contribution in [2.75, 3.05) is 39.4 Å². The van der Waals surface area contributed by atoms with Gasteiger partial charge in [-0.05, 0) is 30.0 Å². The zero-order valence-electron chi connectivity index (χ0n) is 18.6. The molecule has 1 aliphatic heterocycles. The van der Waals surface area contributed by atoms with Crippen molar-refractivity contribution in [3.05, 3.63) is 70.9 Å². The number of nitrogens with zero attached hydrogens (tertiary/aromatic N) is 1. The Balaban J connectivity index is 1.53. The molecule has 0 aliphatic carbocycles. The highest BCUT2D eigenvalue weighted by Crippen LogP contribution is 2.34. The maximum absolute atomic E-state index is 12.9. The molecule has 0 saturated carbocycles. The normalized spacial score (nSPS) is 15.8. The number of rotatable bonds is 8. The molecule has 2 aromatic carbocycles. The first kappa shape index (κ1) is 21.6. The van der Waals surface area contributed by atoms with Crippen LogP contribution in [-0.2, 0) is 16.0 Å². The van der Waals surface area contributed by atoms with Crippen LogP contribution in [0.2, 0.25) is 0 Å². The molecule has 31 heavy (non-hydrogen) atoms. The molecule has 2 heterocycles. The zero-order chi connectivity index (χ0) is 21.6. The van der Waals surface area contributed by atoms with E-state index in [0.717, 1.165) is 39.3 Å². The quantitative estimate of drug-likeness (QED) is 0.580. The molecule has 5 nitrogen and oxygen atoms in total. The molecule has 1 aliphatic rings. The topological polar surface area (TPSA) is 57.4 Å². The van der Waals surface area contributed by atoms with Gasteiger partial charge in [0.25, 0.3) is 0 Å². The number of morpholine rings is 1. The largest absolute Gasteiger partial charge is 0.379 e. The van der Waals surface area contributed by atoms with Crippen molar-refractivity contribution in [2.24, 2.45) is 0 Å². The number of aryl methyl sites for hydroxylation is 2. The lowest BCUT2D eigenvalue weighted by molar-refractivity contribution is -0.121. The molecule has 0 spiro atoms. The van der Waals surface area contributed by atoms with Gasteiger partial charge in [-0.2, -0.15) is 0 Å². The highest BCUT2D eigenvalue weighted by atomic mass is 16.5. The van der Waals surface area contributed by atoms with E-state index in [2.05, 4.69) is 77.7 Å². The van der Waals surface area contributed by atoms with E-state index < -0.39 is 0 Å². The van der Waals surface area contributed by atoms with Crippen LogP contribution in [0.4, 0.5) is 0 Å². The van der Waals surface area contributed by atoms with Crippen molar-refractivity contribution in [1.29, 1.82) is 0 Å². The van der Waals surface area contributed by atoms with Gasteiger partial charge in [0.05, 0.1) is 13.2 Å². The summed E-state index contributed by atoms with van der Waals surface area (Å²) >= 11 is 0. The zero-order valence-corrected chi connectivity index (χ0v) is 18.6. The Labute approximate surface area is 184 Å². The molecule has 1 saturated heterocycles. The fourth-order valence-electron chi connectivity index (χ4n) is 4.55. The fraction of sp³-hybridized carbons (Fsp3) is 0.423. The van der Waals surface area contributed by atoms with Gasteiger partial charge in [-0.25, -0.2) is 0 Å². The minimum Gasteiger partial charge on any atom is -0.379 e. The summed E-state index contributed by atoms with van der Waals surface area (Å²) in [4.78, 5) is 18.8. The van der Waals surface area contributed by atoms with Crippen molar-refractivity contribution < 1.29 is 9.53 Å². The smallest absolute Gasteiger partial charge is 0.220 e. The van der Waals surface area contributed by atoms with Crippen molar-refractivity contribution in [2.45, 2.75) is 32.6 Å². The van der Waals surface area contributed by atoms with E-state index in [1.807, 2.05) is 0 Å². The number of hydrogen-bond donors (Lipinski definition) is 2. The first-order chi connectivity index (χ1) is 15.2. The van der Waals surface area contributed by atoms with Crippen molar-refractivity contribution in [3.63, 3.8) is 0 Å². The maximum Gasteiger partial charge on any atom is 0.220 e. The Kier molecular flexibility index (Phi) is 7.05. The van der Waals surface area contributed by atoms with Crippen LogP contribution in [0.5, 0.6) is 0 Å². The first-order valence-electron chi connectivity index (χ1n) is 11.4. The lowest BCUT2D eigenvalue weighted by Crippen LogP contribution is -2.41. The van der Waals surface area contributed by atoms with E-state index in [-0.39, 0.29) is 11.8 Å². The number of para-hydroxylation sites is 1. The molecule has 5 heteroatoms. The molecule has 1 unspecified atom stereocenters. The number of fused-ring (bicyclic) bond motifs is 1. The van der Waals surface area contributed by atoms with E-state index in [1.54, 1.807) is 0 Å². The Hall–Kier alpha value is -2.63. The van der Waals surface area contributed by atoms with Gasteiger partial charge in [0.1, 0.15) is 0 Å². The molecule has 2 N–H and O–H groups in total. The minimum atomic E-state index is 0.0177. The summed E-state index contributed by atoms with van der Waals surface area (Å²) in [6.45, 7) is 9.27. The predicted octanol–water partition coefficient (Wildman–Crippen LogP) is 4.01. The summed E-state index contributed by atoms with van der Waals surface area (Å²) in [6, 6.07) is 15.0. The van der Waals surface area contributed by atoms with E-state index in [9.17, 15) is 4.79 Å². The van der Waals surface area contributed by atoms with Gasteiger partial charge in [-0.1, -0.05) is 55.0 Å². The van der Waals surface area contributed by atoms with Gasteiger partial charge < -0.3 is 15.0 Å². The average Bonchev–Trinajstić information content (AvgIpc) is 3.22. The lowest BCUT2D eigenvalue weighted by Gasteiger charge is -2.26. The number of aromatic nitrogens is 1. The van der Waals surface area contributed by atoms with Crippen LogP contribution >= 0.6 is 0 Å². The number of benzene rings is 2. The van der Waals surface area contributed by atoms with Crippen LogP contribution in [-0.4, -0.2) is 55.2 Å². The molecule has 0 radical (unpaired) electrons. The van der Waals surface area contributed by atoms with E-state index in [1.165, 1.54) is 33.2 Å². The van der Waals surface area contributed by atoms with Gasteiger partial charge in [0, 0.05) is 55.6 Å². The van der Waals surface area contributed by atoms with E-state index >= 15 is 0 Å². The number of H-pyrrole nitrogens is 1. The molecular formula is C26H33N3O2. The molecular weight excluding hydrogens is 386 g/mol. The molecule has 1 amide bonds. The maximum atomic E-state index is 12.9. The number of ether oxygens (including phenoxy) is 1. The van der Waals surface area contributed by atoms with Gasteiger partial charge in [-0.3, -0.25) is 9.69 Å². The standard InChI is InChI=1S/C26H33N3O2/c1-3-20-7-5-9-22-24(18-28-26(20)22)23(21-8-4-6-19(2)16-21)17-25(30)27-10-11-29-12-14-31-15-13-29/h4-9,16,18,23,28H,3,10-15,17H2,1-2H3,(H,27,30). The van der Waals surface area contributed by atoms with Crippen LogP contribution < -0.4 is 5.32 Å². The van der Waals surface area contributed by atoms with Crippen molar-refractivity contribution >= 4 is 16.8 Å². The van der Waals surface area contributed by atoms with E-state index in [4.69, 9.17) is 4.74 Å². The number of carbonyl (C=O) groups excluding carboxylic acids is 1. The Morgan fingerprint density at radius 1 is 1.19 bits per heavy atom. The molecule has 4 rings (SSSR count). The highest BCUT2D eigenvalue weighted by Gasteiger charge is 2.22. The van der Waals surface area contributed by atoms with Crippen LogP contribution in [0.25, 0.3) is 10.9 Å². The van der Waals surface area contributed by atoms with E-state index in [0.29, 0.717) is 13.0 Å². The Morgan fingerprint density at radius 3 is 2.77 bits per heavy atom. The number of amides is 1. The summed E-state index contributed by atoms with van der Waals surface area (Å²) in [5.41, 5.74) is 6.08. The Bertz CT molecular complexity index is 1020. The summed E-state index contributed by atoms with van der Waals surface area (Å²) < 4.78 is 5.40. The van der Waals surface area contributed by atoms with Crippen LogP contribution in [0.15, 0.2) is 48.7 Å². The van der Waals surface area contributed by atoms with Crippen LogP contribution in [0, 0.1) is 6.92 Å². The van der Waals surface area contributed by atoms with Crippen molar-refractivity contribution in [1.82, 2.24) is 15.2 Å². The summed E-state index contributed by atoms with van der Waals surface area (Å²) in [5.74, 6) is 0.116. The number of hydrogen-bond acceptors (Lipinski definition) is 3. The third kappa shape index (κ3) is 5.17. The lowest BCUT2D eigenvalue weighted by atomic mass is 9.87. The molecule has 1 fully saturated rings. The summed E-state index contributed by atoms with van der Waals surface area (Å²) in [6.07, 6.45) is 3.52. The SMILES string of the molecule is CCc1cccc2c(C(CC(=O)NCCN3CCOCC3)c3cccc(C)c3)c[nH]c12. The second kappa shape index (κ2) is 10.1. The molecule has 3 aromatic rings. The van der Waals surface area contributed by atoms with Crippen molar-refractivity contribution in [3.8, 4) is 0 Å². The monoisotopic (exact) mass is 419 g/mol. The molecule has 0 bridgehead atoms. The molecule has 1 aromatic heterocycles. The third-order valence-corrected chi connectivity index (χ3v) is 6.28. The van der Waals surface area contributed by atoms with Crippen LogP contribution in [0.1, 0.15) is 41.5 Å². The first-order valence-corrected chi connectivity index (χ1v) is 11.4. The minimum absolute atomic E-state index is 0.0177. The van der Waals surface area contributed by atoms with Crippen LogP contribution in [0.3, 0.4) is 0 Å². The second-order valence-electron chi connectivity index (χ2n) is 8.41. The second-order valence-corrected chi connectivity index (χ2v) is 8.41. The van der Waals surface area contributed by atoms with Gasteiger partial charge in [0.15, 0.2) is 0 Å². The van der Waals surface area contributed by atoms with Gasteiger partial charge in [-0.15, -0.1) is 0 Å². The van der Waals surface area contributed by atoms with Gasteiger partial charge >= 0.3 is 0 Å². The Morgan fingerprint density at radius 2 is 2.00 bits per heavy atom. The summed E-state index contributed by atoms with van der Waals surface area (Å²) in [5, 5.41) is 4.36. The molecule has 1 atom stereocenters. The number of carbonyl (C=O) groups is 1. The summed E-state index contributed by atoms with van der Waals surface area (Å²) in [7, 11) is 0. The third-order valence-electron chi connectivity index (χ3n) is 6.28. The van der Waals surface area contributed by atoms with Gasteiger partial charge in [0.2, 0.25) is 5.91 Å². The number of nitrogens with one attached hydrogen (secondary N) is 2. The predicted molar refractivity (Wildman–Crippen MR) is 126 cm³/mol. The highest BCUT2D eigenvalue weighted by molar-refractivity contribution is 5.88. The molecule has 164 valence electrons. The fourth-order valence-corrected chi connectivity index (χ4v) is 4.55. The average molecular weight is 420 g/mol.